The predicted molar refractivity (Wildman–Crippen MR) is 83.8 cm³/mol. The molecule has 116 valence electrons. The summed E-state index contributed by atoms with van der Waals surface area (Å²) < 4.78 is 0. The van der Waals surface area contributed by atoms with Crippen LogP contribution >= 0.6 is 11.8 Å². The Balaban J connectivity index is 1.78. The van der Waals surface area contributed by atoms with Crippen LogP contribution in [0.4, 0.5) is 0 Å². The number of carboxylic acid groups (broad SMARTS) is 1. The number of fused-ring (bicyclic) bond motifs is 1. The summed E-state index contributed by atoms with van der Waals surface area (Å²) in [6.45, 7) is 3.93. The lowest BCUT2D eigenvalue weighted by molar-refractivity contribution is -0.149. The van der Waals surface area contributed by atoms with E-state index in [0.717, 1.165) is 13.1 Å². The second-order valence-electron chi connectivity index (χ2n) is 5.19. The molecule has 2 atom stereocenters. The Bertz CT molecular complexity index is 462. The monoisotopic (exact) mass is 310 g/mol. The molecule has 0 aliphatic carbocycles. The first-order chi connectivity index (χ1) is 10.2. The number of hydrogen-bond donors (Lipinski definition) is 2. The number of carbonyl (C=O) groups excluding carboxylic acids is 1. The summed E-state index contributed by atoms with van der Waals surface area (Å²) in [5.74, 6) is -0.664. The molecule has 0 bridgehead atoms. The lowest BCUT2D eigenvalue weighted by Crippen LogP contribution is -2.60. The van der Waals surface area contributed by atoms with E-state index < -0.39 is 5.97 Å². The van der Waals surface area contributed by atoms with Crippen LogP contribution in [0, 0.1) is 5.92 Å². The van der Waals surface area contributed by atoms with Gasteiger partial charge in [-0.05, 0) is 19.0 Å². The van der Waals surface area contributed by atoms with Crippen LogP contribution in [0.5, 0.6) is 0 Å². The van der Waals surface area contributed by atoms with E-state index in [-0.39, 0.29) is 22.9 Å². The first-order valence-electron chi connectivity index (χ1n) is 7.42. The highest BCUT2D eigenvalue weighted by molar-refractivity contribution is 8.00. The molecule has 2 N–H and O–H groups in total. The first-order valence-corrected chi connectivity index (χ1v) is 8.47. The first kappa shape index (κ1) is 16.1. The van der Waals surface area contributed by atoms with Crippen molar-refractivity contribution in [1.82, 2.24) is 10.2 Å². The number of rotatable bonds is 8. The molecule has 6 heteroatoms. The standard InChI is InChI=1S/C15H22N2O3S/c1-2-3-4-8-16-9-5-6-11-13(18)17-12(15(19)20)7-10-21-14(11)17/h5-7,11,14,16H,2-4,8-10H2,1H3,(H,19,20)/t11?,14-/m0/s1. The van der Waals surface area contributed by atoms with Crippen LogP contribution in [-0.4, -0.2) is 46.1 Å². The van der Waals surface area contributed by atoms with E-state index in [1.54, 1.807) is 17.8 Å². The lowest BCUT2D eigenvalue weighted by Gasteiger charge is -2.47. The average molecular weight is 310 g/mol. The highest BCUT2D eigenvalue weighted by Crippen LogP contribution is 2.41. The SMILES string of the molecule is CCCCCNCC=CC1C(=O)N2C(C(=O)O)=CCS[C@@H]12. The van der Waals surface area contributed by atoms with Gasteiger partial charge in [-0.15, -0.1) is 11.8 Å². The van der Waals surface area contributed by atoms with Crippen molar-refractivity contribution in [2.24, 2.45) is 5.92 Å². The highest BCUT2D eigenvalue weighted by Gasteiger charge is 2.50. The molecule has 21 heavy (non-hydrogen) atoms. The molecule has 1 amide bonds. The van der Waals surface area contributed by atoms with Crippen LogP contribution in [0.3, 0.4) is 0 Å². The smallest absolute Gasteiger partial charge is 0.352 e. The minimum absolute atomic E-state index is 0.0510. The van der Waals surface area contributed by atoms with E-state index in [9.17, 15) is 9.59 Å². The predicted octanol–water partition coefficient (Wildman–Crippen LogP) is 1.82. The van der Waals surface area contributed by atoms with Crippen LogP contribution in [0.15, 0.2) is 23.9 Å². The summed E-state index contributed by atoms with van der Waals surface area (Å²) in [6, 6.07) is 0. The largest absolute Gasteiger partial charge is 0.477 e. The van der Waals surface area contributed by atoms with E-state index in [2.05, 4.69) is 12.2 Å². The second kappa shape index (κ2) is 7.66. The van der Waals surface area contributed by atoms with Crippen molar-refractivity contribution in [2.75, 3.05) is 18.8 Å². The van der Waals surface area contributed by atoms with Gasteiger partial charge in [-0.3, -0.25) is 9.69 Å². The van der Waals surface area contributed by atoms with Gasteiger partial charge in [0.15, 0.2) is 0 Å². The summed E-state index contributed by atoms with van der Waals surface area (Å²) in [4.78, 5) is 24.5. The fourth-order valence-electron chi connectivity index (χ4n) is 2.51. The molecule has 0 aromatic rings. The number of hydrogen-bond acceptors (Lipinski definition) is 4. The van der Waals surface area contributed by atoms with Crippen molar-refractivity contribution in [2.45, 2.75) is 31.6 Å². The second-order valence-corrected chi connectivity index (χ2v) is 6.34. The number of carboxylic acids is 1. The van der Waals surface area contributed by atoms with Crippen molar-refractivity contribution in [3.63, 3.8) is 0 Å². The Kier molecular flexibility index (Phi) is 5.87. The third-order valence-electron chi connectivity index (χ3n) is 3.67. The minimum atomic E-state index is -1.02. The molecule has 2 rings (SSSR count). The molecule has 1 fully saturated rings. The van der Waals surface area contributed by atoms with Crippen molar-refractivity contribution in [1.29, 1.82) is 0 Å². The van der Waals surface area contributed by atoms with Crippen molar-refractivity contribution < 1.29 is 14.7 Å². The summed E-state index contributed by atoms with van der Waals surface area (Å²) in [5, 5.41) is 12.3. The highest BCUT2D eigenvalue weighted by atomic mass is 32.2. The van der Waals surface area contributed by atoms with E-state index in [1.807, 2.05) is 12.2 Å². The topological polar surface area (TPSA) is 69.6 Å². The number of β-lactam (4-membered cyclic amide) rings is 1. The zero-order chi connectivity index (χ0) is 15.2. The molecule has 0 spiro atoms. The number of amides is 1. The molecule has 2 aliphatic rings. The van der Waals surface area contributed by atoms with Gasteiger partial charge in [0.1, 0.15) is 5.70 Å². The van der Waals surface area contributed by atoms with Gasteiger partial charge in [-0.1, -0.05) is 31.9 Å². The Morgan fingerprint density at radius 2 is 2.38 bits per heavy atom. The zero-order valence-electron chi connectivity index (χ0n) is 12.2. The van der Waals surface area contributed by atoms with Crippen LogP contribution in [0.1, 0.15) is 26.2 Å². The van der Waals surface area contributed by atoms with Gasteiger partial charge in [0, 0.05) is 12.3 Å². The third-order valence-corrected chi connectivity index (χ3v) is 4.87. The Morgan fingerprint density at radius 3 is 3.10 bits per heavy atom. The van der Waals surface area contributed by atoms with E-state index in [1.165, 1.54) is 24.2 Å². The molecule has 0 aromatic carbocycles. The normalized spacial score (nSPS) is 24.7. The van der Waals surface area contributed by atoms with E-state index >= 15 is 0 Å². The summed E-state index contributed by atoms with van der Waals surface area (Å²) in [6.07, 6.45) is 9.11. The van der Waals surface area contributed by atoms with Gasteiger partial charge < -0.3 is 10.4 Å². The van der Waals surface area contributed by atoms with Crippen LogP contribution in [0.25, 0.3) is 0 Å². The number of thioether (sulfide) groups is 1. The van der Waals surface area contributed by atoms with Crippen LogP contribution < -0.4 is 5.32 Å². The number of nitrogens with zero attached hydrogens (tertiary/aromatic N) is 1. The molecule has 0 radical (unpaired) electrons. The maximum Gasteiger partial charge on any atom is 0.352 e. The van der Waals surface area contributed by atoms with Gasteiger partial charge in [0.2, 0.25) is 5.91 Å². The molecule has 5 nitrogen and oxygen atoms in total. The lowest BCUT2D eigenvalue weighted by atomic mass is 9.96. The fraction of sp³-hybridized carbons (Fsp3) is 0.600. The van der Waals surface area contributed by atoms with Crippen molar-refractivity contribution >= 4 is 23.6 Å². The third kappa shape index (κ3) is 3.68. The quantitative estimate of drug-likeness (QED) is 0.406. The number of carbonyl (C=O) groups is 2. The molecule has 0 saturated carbocycles. The Hall–Kier alpha value is -1.27. The fourth-order valence-corrected chi connectivity index (χ4v) is 3.74. The molecule has 0 aromatic heterocycles. The molecule has 1 saturated heterocycles. The summed E-state index contributed by atoms with van der Waals surface area (Å²) in [7, 11) is 0. The van der Waals surface area contributed by atoms with Crippen LogP contribution in [0.2, 0.25) is 0 Å². The zero-order valence-corrected chi connectivity index (χ0v) is 13.1. The minimum Gasteiger partial charge on any atom is -0.477 e. The Morgan fingerprint density at radius 1 is 1.57 bits per heavy atom. The van der Waals surface area contributed by atoms with Gasteiger partial charge in [-0.2, -0.15) is 0 Å². The number of unbranched alkanes of at least 4 members (excludes halogenated alkanes) is 2. The summed E-state index contributed by atoms with van der Waals surface area (Å²) in [5.41, 5.74) is 0.131. The van der Waals surface area contributed by atoms with Crippen molar-refractivity contribution in [3.8, 4) is 0 Å². The molecule has 1 unspecified atom stereocenters. The van der Waals surface area contributed by atoms with Crippen LogP contribution in [-0.2, 0) is 9.59 Å². The van der Waals surface area contributed by atoms with E-state index in [0.29, 0.717) is 5.75 Å². The number of nitrogens with one attached hydrogen (secondary N) is 1. The average Bonchev–Trinajstić information content (AvgIpc) is 2.48. The van der Waals surface area contributed by atoms with E-state index in [4.69, 9.17) is 5.11 Å². The van der Waals surface area contributed by atoms with Gasteiger partial charge in [0.25, 0.3) is 0 Å². The summed E-state index contributed by atoms with van der Waals surface area (Å²) >= 11 is 1.61. The Labute approximate surface area is 129 Å². The van der Waals surface area contributed by atoms with Gasteiger partial charge in [0.05, 0.1) is 11.3 Å². The molecular formula is C15H22N2O3S. The number of aliphatic carboxylic acids is 1. The maximum absolute atomic E-state index is 12.1. The molecular weight excluding hydrogens is 288 g/mol. The van der Waals surface area contributed by atoms with Gasteiger partial charge >= 0.3 is 5.97 Å². The molecule has 2 heterocycles. The van der Waals surface area contributed by atoms with Gasteiger partial charge in [-0.25, -0.2) is 4.79 Å². The van der Waals surface area contributed by atoms with Crippen molar-refractivity contribution in [3.05, 3.63) is 23.9 Å². The maximum atomic E-state index is 12.1. The molecule has 2 aliphatic heterocycles.